The van der Waals surface area contributed by atoms with Gasteiger partial charge in [-0.1, -0.05) is 6.07 Å². The van der Waals surface area contributed by atoms with Crippen molar-refractivity contribution in [3.63, 3.8) is 0 Å². The summed E-state index contributed by atoms with van der Waals surface area (Å²) < 4.78 is 34.5. The molecule has 2 aromatic heterocycles. The molecule has 0 saturated carbocycles. The summed E-state index contributed by atoms with van der Waals surface area (Å²) in [4.78, 5) is 17.7. The molecule has 1 amide bonds. The van der Waals surface area contributed by atoms with Crippen LogP contribution in [0.5, 0.6) is 0 Å². The fourth-order valence-electron chi connectivity index (χ4n) is 2.64. The third-order valence-electron chi connectivity index (χ3n) is 3.75. The van der Waals surface area contributed by atoms with Crippen LogP contribution in [0.4, 0.5) is 19.4 Å². The Bertz CT molecular complexity index is 962. The van der Waals surface area contributed by atoms with E-state index in [0.717, 1.165) is 12.1 Å². The van der Waals surface area contributed by atoms with Gasteiger partial charge in [0.25, 0.3) is 0 Å². The third kappa shape index (κ3) is 2.32. The van der Waals surface area contributed by atoms with Crippen molar-refractivity contribution in [2.45, 2.75) is 6.04 Å². The fourth-order valence-corrected chi connectivity index (χ4v) is 3.00. The van der Waals surface area contributed by atoms with Gasteiger partial charge in [-0.3, -0.25) is 4.90 Å². The molecular formula is C15H9BrF2N4O2. The van der Waals surface area contributed by atoms with Gasteiger partial charge in [0, 0.05) is 17.8 Å². The monoisotopic (exact) mass is 394 g/mol. The van der Waals surface area contributed by atoms with Gasteiger partial charge in [0.1, 0.15) is 30.1 Å². The van der Waals surface area contributed by atoms with Crippen LogP contribution in [-0.2, 0) is 4.74 Å². The lowest BCUT2D eigenvalue weighted by atomic mass is 10.1. The van der Waals surface area contributed by atoms with Crippen molar-refractivity contribution in [3.8, 4) is 0 Å². The van der Waals surface area contributed by atoms with Gasteiger partial charge in [-0.25, -0.2) is 23.1 Å². The highest BCUT2D eigenvalue weighted by Gasteiger charge is 2.38. The average molecular weight is 395 g/mol. The molecule has 1 aliphatic rings. The Morgan fingerprint density at radius 3 is 2.92 bits per heavy atom. The topological polar surface area (TPSA) is 59.7 Å². The first-order valence-electron chi connectivity index (χ1n) is 6.95. The molecule has 6 nitrogen and oxygen atoms in total. The van der Waals surface area contributed by atoms with Crippen molar-refractivity contribution >= 4 is 33.5 Å². The van der Waals surface area contributed by atoms with E-state index >= 15 is 0 Å². The van der Waals surface area contributed by atoms with Gasteiger partial charge in [0.2, 0.25) is 0 Å². The standard InChI is InChI=1S/C15H9BrF2N4O2/c16-10-6-19-21-4-3-13(20-14(10)21)22-12(7-24-15(22)23)9-2-1-8(17)5-11(9)18/h1-6,12H,7H2/t12-/m0/s1. The first kappa shape index (κ1) is 15.0. The zero-order chi connectivity index (χ0) is 16.8. The first-order chi connectivity index (χ1) is 11.5. The largest absolute Gasteiger partial charge is 0.447 e. The molecule has 9 heteroatoms. The summed E-state index contributed by atoms with van der Waals surface area (Å²) in [6.07, 6.45) is 2.56. The molecule has 1 aliphatic heterocycles. The number of hydrogen-bond acceptors (Lipinski definition) is 4. The van der Waals surface area contributed by atoms with Crippen LogP contribution < -0.4 is 4.90 Å². The summed E-state index contributed by atoms with van der Waals surface area (Å²) in [7, 11) is 0. The molecule has 1 atom stereocenters. The van der Waals surface area contributed by atoms with Crippen LogP contribution in [0.1, 0.15) is 11.6 Å². The highest BCUT2D eigenvalue weighted by atomic mass is 79.9. The highest BCUT2D eigenvalue weighted by molar-refractivity contribution is 9.10. The molecule has 3 heterocycles. The maximum absolute atomic E-state index is 14.1. The normalized spacial score (nSPS) is 17.5. The minimum atomic E-state index is -0.741. The van der Waals surface area contributed by atoms with E-state index in [2.05, 4.69) is 26.0 Å². The minimum absolute atomic E-state index is 0.0469. The summed E-state index contributed by atoms with van der Waals surface area (Å²) in [5, 5.41) is 4.08. The van der Waals surface area contributed by atoms with Crippen molar-refractivity contribution in [2.24, 2.45) is 0 Å². The van der Waals surface area contributed by atoms with Crippen LogP contribution in [0.25, 0.3) is 5.65 Å². The van der Waals surface area contributed by atoms with Crippen LogP contribution in [0.15, 0.2) is 41.1 Å². The first-order valence-corrected chi connectivity index (χ1v) is 7.75. The van der Waals surface area contributed by atoms with Gasteiger partial charge in [-0.05, 0) is 28.1 Å². The molecule has 3 aromatic rings. The Morgan fingerprint density at radius 2 is 2.12 bits per heavy atom. The van der Waals surface area contributed by atoms with Gasteiger partial charge in [-0.2, -0.15) is 5.10 Å². The van der Waals surface area contributed by atoms with E-state index in [1.807, 2.05) is 0 Å². The number of ether oxygens (including phenoxy) is 1. The van der Waals surface area contributed by atoms with E-state index in [-0.39, 0.29) is 12.2 Å². The average Bonchev–Trinajstić information content (AvgIpc) is 3.11. The predicted molar refractivity (Wildman–Crippen MR) is 83.6 cm³/mol. The molecule has 0 aliphatic carbocycles. The number of amides is 1. The summed E-state index contributed by atoms with van der Waals surface area (Å²) in [6, 6.07) is 4.07. The Kier molecular flexibility index (Phi) is 3.45. The second kappa shape index (κ2) is 5.52. The summed E-state index contributed by atoms with van der Waals surface area (Å²) in [6.45, 7) is -0.0469. The van der Waals surface area contributed by atoms with E-state index in [9.17, 15) is 13.6 Å². The van der Waals surface area contributed by atoms with Gasteiger partial charge in [-0.15, -0.1) is 0 Å². The third-order valence-corrected chi connectivity index (χ3v) is 4.31. The summed E-state index contributed by atoms with van der Waals surface area (Å²) >= 11 is 3.32. The molecule has 122 valence electrons. The number of cyclic esters (lactones) is 1. The Labute approximate surface area is 142 Å². The second-order valence-electron chi connectivity index (χ2n) is 5.17. The Morgan fingerprint density at radius 1 is 1.29 bits per heavy atom. The number of fused-ring (bicyclic) bond motifs is 1. The van der Waals surface area contributed by atoms with Crippen LogP contribution >= 0.6 is 15.9 Å². The zero-order valence-corrected chi connectivity index (χ0v) is 13.6. The molecule has 0 N–H and O–H groups in total. The molecule has 24 heavy (non-hydrogen) atoms. The van der Waals surface area contributed by atoms with E-state index < -0.39 is 23.8 Å². The van der Waals surface area contributed by atoms with E-state index in [1.54, 1.807) is 18.5 Å². The van der Waals surface area contributed by atoms with Gasteiger partial charge in [0.15, 0.2) is 5.65 Å². The maximum Gasteiger partial charge on any atom is 0.416 e. The van der Waals surface area contributed by atoms with Crippen molar-refractivity contribution < 1.29 is 18.3 Å². The molecule has 0 spiro atoms. The van der Waals surface area contributed by atoms with Crippen molar-refractivity contribution in [2.75, 3.05) is 11.5 Å². The van der Waals surface area contributed by atoms with E-state index in [4.69, 9.17) is 4.74 Å². The van der Waals surface area contributed by atoms with Crippen LogP contribution in [0.2, 0.25) is 0 Å². The molecule has 0 bridgehead atoms. The number of anilines is 1. The lowest BCUT2D eigenvalue weighted by Crippen LogP contribution is -2.29. The number of halogens is 3. The van der Waals surface area contributed by atoms with Crippen molar-refractivity contribution in [3.05, 3.63) is 58.3 Å². The maximum atomic E-state index is 14.1. The van der Waals surface area contributed by atoms with Crippen molar-refractivity contribution in [1.82, 2.24) is 14.6 Å². The lowest BCUT2D eigenvalue weighted by Gasteiger charge is -2.21. The smallest absolute Gasteiger partial charge is 0.416 e. The Balaban J connectivity index is 1.80. The quantitative estimate of drug-likeness (QED) is 0.667. The van der Waals surface area contributed by atoms with Crippen LogP contribution in [-0.4, -0.2) is 27.3 Å². The number of carbonyl (C=O) groups excluding carboxylic acids is 1. The van der Waals surface area contributed by atoms with Gasteiger partial charge in [0.05, 0.1) is 10.7 Å². The fraction of sp³-hybridized carbons (Fsp3) is 0.133. The van der Waals surface area contributed by atoms with Gasteiger partial charge >= 0.3 is 6.09 Å². The molecule has 1 saturated heterocycles. The molecule has 4 rings (SSSR count). The lowest BCUT2D eigenvalue weighted by molar-refractivity contribution is 0.178. The highest BCUT2D eigenvalue weighted by Crippen LogP contribution is 2.34. The molecule has 1 fully saturated rings. The summed E-state index contributed by atoms with van der Waals surface area (Å²) in [5.41, 5.74) is 0.669. The predicted octanol–water partition coefficient (Wildman–Crippen LogP) is 3.47. The summed E-state index contributed by atoms with van der Waals surface area (Å²) in [5.74, 6) is -1.13. The number of nitrogens with zero attached hydrogens (tertiary/aromatic N) is 4. The van der Waals surface area contributed by atoms with Crippen molar-refractivity contribution in [1.29, 1.82) is 0 Å². The van der Waals surface area contributed by atoms with Crippen LogP contribution in [0, 0.1) is 11.6 Å². The molecule has 0 unspecified atom stereocenters. The van der Waals surface area contributed by atoms with E-state index in [1.165, 1.54) is 15.5 Å². The second-order valence-corrected chi connectivity index (χ2v) is 6.03. The minimum Gasteiger partial charge on any atom is -0.447 e. The van der Waals surface area contributed by atoms with Gasteiger partial charge < -0.3 is 4.74 Å². The number of benzene rings is 1. The number of hydrogen-bond donors (Lipinski definition) is 0. The molecular weight excluding hydrogens is 386 g/mol. The number of carbonyl (C=O) groups is 1. The zero-order valence-electron chi connectivity index (χ0n) is 12.0. The van der Waals surface area contributed by atoms with E-state index in [0.29, 0.717) is 15.9 Å². The van der Waals surface area contributed by atoms with Crippen LogP contribution in [0.3, 0.4) is 0 Å². The molecule has 1 aromatic carbocycles. The number of rotatable bonds is 2. The number of aromatic nitrogens is 3. The SMILES string of the molecule is O=C1OC[C@@H](c2ccc(F)cc2F)N1c1ccn2ncc(Br)c2n1. The Hall–Kier alpha value is -2.55. The molecule has 0 radical (unpaired) electrons.